The Morgan fingerprint density at radius 2 is 1.25 bits per heavy atom. The Bertz CT molecular complexity index is 1110. The molecule has 0 saturated heterocycles. The topological polar surface area (TPSA) is 76.7 Å². The van der Waals surface area contributed by atoms with Crippen LogP contribution in [0.4, 0.5) is 11.4 Å². The van der Waals surface area contributed by atoms with E-state index in [-0.39, 0.29) is 10.6 Å². The van der Waals surface area contributed by atoms with Crippen molar-refractivity contribution in [3.8, 4) is 11.5 Å². The van der Waals surface area contributed by atoms with Crippen LogP contribution in [-0.2, 0) is 9.59 Å². The fourth-order valence-electron chi connectivity index (χ4n) is 2.90. The number of hydrogen-bond donors (Lipinski definition) is 2. The Morgan fingerprint density at radius 1 is 0.750 bits per heavy atom. The number of methoxy groups -OCH3 is 2. The van der Waals surface area contributed by atoms with E-state index in [4.69, 9.17) is 32.7 Å². The number of ether oxygens (including phenoxy) is 2. The van der Waals surface area contributed by atoms with Crippen molar-refractivity contribution in [3.05, 3.63) is 87.9 Å². The molecule has 0 aliphatic heterocycles. The highest BCUT2D eigenvalue weighted by atomic mass is 35.5. The first-order valence-corrected chi connectivity index (χ1v) is 10.2. The summed E-state index contributed by atoms with van der Waals surface area (Å²) in [5.74, 6) is -0.409. The van der Waals surface area contributed by atoms with E-state index in [2.05, 4.69) is 10.6 Å². The molecule has 8 heteroatoms. The number of carbonyl (C=O) groups is 2. The average molecular weight is 471 g/mol. The van der Waals surface area contributed by atoms with Gasteiger partial charge in [-0.2, -0.15) is 0 Å². The fourth-order valence-corrected chi connectivity index (χ4v) is 3.26. The predicted molar refractivity (Wildman–Crippen MR) is 128 cm³/mol. The SMILES string of the molecule is COc1ccccc1NC(=O)C(=Cc1cccc(Cl)c1Cl)C(=O)Nc1ccccc1OC. The summed E-state index contributed by atoms with van der Waals surface area (Å²) in [6.45, 7) is 0. The van der Waals surface area contributed by atoms with Crippen molar-refractivity contribution >= 4 is 52.5 Å². The van der Waals surface area contributed by atoms with Gasteiger partial charge in [0.1, 0.15) is 17.1 Å². The van der Waals surface area contributed by atoms with Crippen LogP contribution in [0.25, 0.3) is 6.08 Å². The molecule has 6 nitrogen and oxygen atoms in total. The van der Waals surface area contributed by atoms with Crippen LogP contribution in [0.3, 0.4) is 0 Å². The van der Waals surface area contributed by atoms with E-state index in [0.29, 0.717) is 33.5 Å². The van der Waals surface area contributed by atoms with E-state index in [9.17, 15) is 9.59 Å². The lowest BCUT2D eigenvalue weighted by molar-refractivity contribution is -0.118. The summed E-state index contributed by atoms with van der Waals surface area (Å²) in [4.78, 5) is 26.3. The zero-order valence-corrected chi connectivity index (χ0v) is 18.8. The fraction of sp³-hybridized carbons (Fsp3) is 0.0833. The van der Waals surface area contributed by atoms with Gasteiger partial charge in [0, 0.05) is 0 Å². The second-order valence-electron chi connectivity index (χ2n) is 6.51. The highest BCUT2D eigenvalue weighted by molar-refractivity contribution is 6.43. The molecule has 0 aliphatic carbocycles. The van der Waals surface area contributed by atoms with Gasteiger partial charge < -0.3 is 20.1 Å². The van der Waals surface area contributed by atoms with Crippen molar-refractivity contribution < 1.29 is 19.1 Å². The summed E-state index contributed by atoms with van der Waals surface area (Å²) >= 11 is 12.4. The van der Waals surface area contributed by atoms with Crippen LogP contribution in [0, 0.1) is 0 Å². The number of para-hydroxylation sites is 4. The largest absolute Gasteiger partial charge is 0.495 e. The van der Waals surface area contributed by atoms with Gasteiger partial charge in [-0.25, -0.2) is 0 Å². The lowest BCUT2D eigenvalue weighted by Gasteiger charge is -2.14. The minimum Gasteiger partial charge on any atom is -0.495 e. The molecule has 0 bridgehead atoms. The molecule has 3 aromatic rings. The summed E-state index contributed by atoms with van der Waals surface area (Å²) in [5, 5.41) is 5.95. The highest BCUT2D eigenvalue weighted by Crippen LogP contribution is 2.29. The van der Waals surface area contributed by atoms with E-state index in [1.807, 2.05) is 0 Å². The number of hydrogen-bond acceptors (Lipinski definition) is 4. The number of amides is 2. The lowest BCUT2D eigenvalue weighted by atomic mass is 10.1. The molecule has 0 aromatic heterocycles. The molecule has 2 N–H and O–H groups in total. The van der Waals surface area contributed by atoms with Gasteiger partial charge >= 0.3 is 0 Å². The number of rotatable bonds is 7. The van der Waals surface area contributed by atoms with Crippen LogP contribution in [0.15, 0.2) is 72.3 Å². The van der Waals surface area contributed by atoms with Crippen molar-refractivity contribution in [3.63, 3.8) is 0 Å². The maximum Gasteiger partial charge on any atom is 0.261 e. The van der Waals surface area contributed by atoms with Gasteiger partial charge in [0.2, 0.25) is 0 Å². The maximum atomic E-state index is 13.2. The number of carbonyl (C=O) groups excluding carboxylic acids is 2. The van der Waals surface area contributed by atoms with E-state index in [1.54, 1.807) is 66.7 Å². The maximum absolute atomic E-state index is 13.2. The number of nitrogens with one attached hydrogen (secondary N) is 2. The summed E-state index contributed by atoms with van der Waals surface area (Å²) in [7, 11) is 2.98. The second kappa shape index (κ2) is 10.7. The molecule has 3 aromatic carbocycles. The molecule has 0 fully saturated rings. The standard InChI is InChI=1S/C24H20Cl2N2O4/c1-31-20-12-5-3-10-18(20)27-23(29)16(14-15-8-7-9-17(25)22(15)26)24(30)28-19-11-4-6-13-21(19)32-2/h3-14H,1-2H3,(H,27,29)(H,28,30). The molecule has 0 aliphatic rings. The first kappa shape index (κ1) is 23.2. The van der Waals surface area contributed by atoms with Crippen LogP contribution >= 0.6 is 23.2 Å². The Balaban J connectivity index is 2.00. The summed E-state index contributed by atoms with van der Waals surface area (Å²) in [6.07, 6.45) is 1.38. The van der Waals surface area contributed by atoms with Gasteiger partial charge in [0.25, 0.3) is 11.8 Å². The normalized spacial score (nSPS) is 10.1. The molecule has 2 amide bonds. The van der Waals surface area contributed by atoms with Crippen molar-refractivity contribution in [2.75, 3.05) is 24.9 Å². The molecule has 32 heavy (non-hydrogen) atoms. The molecule has 0 atom stereocenters. The van der Waals surface area contributed by atoms with Crippen LogP contribution < -0.4 is 20.1 Å². The van der Waals surface area contributed by atoms with Crippen LogP contribution in [0.2, 0.25) is 10.0 Å². The number of halogens is 2. The van der Waals surface area contributed by atoms with Crippen LogP contribution in [-0.4, -0.2) is 26.0 Å². The first-order chi connectivity index (χ1) is 15.4. The van der Waals surface area contributed by atoms with Gasteiger partial charge in [-0.3, -0.25) is 9.59 Å². The molecular formula is C24H20Cl2N2O4. The second-order valence-corrected chi connectivity index (χ2v) is 7.30. The van der Waals surface area contributed by atoms with Gasteiger partial charge in [-0.15, -0.1) is 0 Å². The van der Waals surface area contributed by atoms with Crippen molar-refractivity contribution in [1.29, 1.82) is 0 Å². The Morgan fingerprint density at radius 3 is 1.75 bits per heavy atom. The van der Waals surface area contributed by atoms with E-state index in [1.165, 1.54) is 20.3 Å². The molecule has 3 rings (SSSR count). The molecule has 0 heterocycles. The van der Waals surface area contributed by atoms with Gasteiger partial charge in [0.05, 0.1) is 35.6 Å². The molecule has 0 saturated carbocycles. The van der Waals surface area contributed by atoms with Crippen molar-refractivity contribution in [2.24, 2.45) is 0 Å². The lowest BCUT2D eigenvalue weighted by Crippen LogP contribution is -2.25. The number of anilines is 2. The Kier molecular flexibility index (Phi) is 7.76. The zero-order chi connectivity index (χ0) is 23.1. The monoisotopic (exact) mass is 470 g/mol. The van der Waals surface area contributed by atoms with Gasteiger partial charge in [-0.1, -0.05) is 59.6 Å². The van der Waals surface area contributed by atoms with E-state index >= 15 is 0 Å². The number of benzene rings is 3. The Labute approximate surface area is 195 Å². The van der Waals surface area contributed by atoms with Crippen molar-refractivity contribution in [1.82, 2.24) is 0 Å². The quantitative estimate of drug-likeness (QED) is 0.265. The summed E-state index contributed by atoms with van der Waals surface area (Å²) in [6, 6.07) is 18.7. The minimum absolute atomic E-state index is 0.189. The van der Waals surface area contributed by atoms with Crippen LogP contribution in [0.5, 0.6) is 11.5 Å². The molecule has 164 valence electrons. The molecular weight excluding hydrogens is 451 g/mol. The third-order valence-corrected chi connectivity index (χ3v) is 5.31. The zero-order valence-electron chi connectivity index (χ0n) is 17.3. The average Bonchev–Trinajstić information content (AvgIpc) is 2.80. The minimum atomic E-state index is -0.655. The predicted octanol–water partition coefficient (Wildman–Crippen LogP) is 5.67. The summed E-state index contributed by atoms with van der Waals surface area (Å²) in [5.41, 5.74) is 1.05. The van der Waals surface area contributed by atoms with E-state index < -0.39 is 11.8 Å². The Hall–Kier alpha value is -3.48. The van der Waals surface area contributed by atoms with Gasteiger partial charge in [-0.05, 0) is 42.0 Å². The third-order valence-electron chi connectivity index (χ3n) is 4.48. The molecule has 0 radical (unpaired) electrons. The highest BCUT2D eigenvalue weighted by Gasteiger charge is 2.22. The summed E-state index contributed by atoms with van der Waals surface area (Å²) < 4.78 is 10.6. The smallest absolute Gasteiger partial charge is 0.261 e. The molecule has 0 spiro atoms. The first-order valence-electron chi connectivity index (χ1n) is 9.49. The third kappa shape index (κ3) is 5.41. The molecule has 0 unspecified atom stereocenters. The van der Waals surface area contributed by atoms with E-state index in [0.717, 1.165) is 0 Å². The van der Waals surface area contributed by atoms with Crippen LogP contribution in [0.1, 0.15) is 5.56 Å². The van der Waals surface area contributed by atoms with Gasteiger partial charge in [0.15, 0.2) is 0 Å². The van der Waals surface area contributed by atoms with Crippen molar-refractivity contribution in [2.45, 2.75) is 0 Å².